The Labute approximate surface area is 363 Å². The summed E-state index contributed by atoms with van der Waals surface area (Å²) in [6.07, 6.45) is 6.73. The largest absolute Gasteiger partial charge is 0.453 e. The molecule has 8 aromatic carbocycles. The first-order chi connectivity index (χ1) is 31.7. The van der Waals surface area contributed by atoms with Crippen LogP contribution in [0.15, 0.2) is 191 Å². The quantitative estimate of drug-likeness (QED) is 0.160. The molecule has 0 saturated heterocycles. The number of benzene rings is 8. The maximum absolute atomic E-state index is 6.78. The fourth-order valence-corrected chi connectivity index (χ4v) is 8.84. The molecule has 0 aliphatic carbocycles. The molecule has 0 aliphatic heterocycles. The number of furan rings is 1. The van der Waals surface area contributed by atoms with Crippen LogP contribution in [0.4, 0.5) is 0 Å². The molecule has 10 heteroatoms. The topological polar surface area (TPSA) is 129 Å². The minimum Gasteiger partial charge on any atom is -0.453 e. The molecule has 0 fully saturated rings. The second-order valence-electron chi connectivity index (χ2n) is 15.5. The third-order valence-corrected chi connectivity index (χ3v) is 11.8. The number of oxazole rings is 1. The maximum Gasteiger partial charge on any atom is 0.227 e. The van der Waals surface area contributed by atoms with E-state index in [0.29, 0.717) is 51.1 Å². The molecule has 13 rings (SSSR count). The van der Waals surface area contributed by atoms with E-state index < -0.39 is 0 Å². The summed E-state index contributed by atoms with van der Waals surface area (Å²) >= 11 is 0. The first-order valence-corrected chi connectivity index (χ1v) is 20.8. The Kier molecular flexibility index (Phi) is 7.97. The van der Waals surface area contributed by atoms with E-state index in [9.17, 15) is 0 Å². The van der Waals surface area contributed by atoms with Crippen LogP contribution < -0.4 is 0 Å². The molecular formula is C54H30N8O2. The maximum atomic E-state index is 6.78. The van der Waals surface area contributed by atoms with Crippen LogP contribution >= 0.6 is 0 Å². The summed E-state index contributed by atoms with van der Waals surface area (Å²) in [7, 11) is 0. The third-order valence-electron chi connectivity index (χ3n) is 11.8. The van der Waals surface area contributed by atoms with E-state index in [1.807, 2.05) is 72.8 Å². The van der Waals surface area contributed by atoms with Gasteiger partial charge in [0, 0.05) is 63.4 Å². The number of hydrogen-bond donors (Lipinski definition) is 0. The summed E-state index contributed by atoms with van der Waals surface area (Å²) in [5.41, 5.74) is 13.3. The van der Waals surface area contributed by atoms with Gasteiger partial charge in [-0.15, -0.1) is 0 Å². The van der Waals surface area contributed by atoms with Crippen LogP contribution in [0.5, 0.6) is 0 Å². The van der Waals surface area contributed by atoms with Gasteiger partial charge in [0.25, 0.3) is 0 Å². The molecule has 64 heavy (non-hydrogen) atoms. The lowest BCUT2D eigenvalue weighted by molar-refractivity contribution is 0.620. The van der Waals surface area contributed by atoms with E-state index >= 15 is 0 Å². The molecule has 0 radical (unpaired) electrons. The van der Waals surface area contributed by atoms with E-state index in [1.165, 1.54) is 0 Å². The summed E-state index contributed by atoms with van der Waals surface area (Å²) < 4.78 is 13.0. The van der Waals surface area contributed by atoms with Crippen molar-refractivity contribution in [3.05, 3.63) is 183 Å². The van der Waals surface area contributed by atoms with Crippen LogP contribution in [-0.4, -0.2) is 39.9 Å². The first kappa shape index (κ1) is 35.7. The fourth-order valence-electron chi connectivity index (χ4n) is 8.84. The summed E-state index contributed by atoms with van der Waals surface area (Å²) in [6, 6.07) is 53.3. The molecule has 5 aromatic heterocycles. The molecule has 0 atom stereocenters. The van der Waals surface area contributed by atoms with Gasteiger partial charge in [-0.3, -0.25) is 19.9 Å². The van der Waals surface area contributed by atoms with Crippen molar-refractivity contribution in [2.75, 3.05) is 0 Å². The molecular weight excluding hydrogens is 793 g/mol. The summed E-state index contributed by atoms with van der Waals surface area (Å²) in [6.45, 7) is 0. The van der Waals surface area contributed by atoms with Gasteiger partial charge in [-0.1, -0.05) is 109 Å². The fraction of sp³-hybridized carbons (Fsp3) is 0. The van der Waals surface area contributed by atoms with Crippen molar-refractivity contribution in [3.63, 3.8) is 0 Å². The molecule has 0 spiro atoms. The number of fused-ring (bicyclic) bond motifs is 8. The predicted octanol–water partition coefficient (Wildman–Crippen LogP) is 13.0. The van der Waals surface area contributed by atoms with Crippen LogP contribution in [0, 0.1) is 0 Å². The highest BCUT2D eigenvalue weighted by Gasteiger charge is 2.21. The lowest BCUT2D eigenvalue weighted by Crippen LogP contribution is -2.02. The number of para-hydroxylation sites is 3. The van der Waals surface area contributed by atoms with Gasteiger partial charge >= 0.3 is 0 Å². The predicted molar refractivity (Wildman–Crippen MR) is 251 cm³/mol. The molecule has 0 unspecified atom stereocenters. The number of hydrogen-bond acceptors (Lipinski definition) is 10. The summed E-state index contributed by atoms with van der Waals surface area (Å²) in [4.78, 5) is 38.4. The average molecular weight is 823 g/mol. The minimum absolute atomic E-state index is 0.486. The van der Waals surface area contributed by atoms with Crippen molar-refractivity contribution >= 4 is 65.9 Å². The van der Waals surface area contributed by atoms with Crippen LogP contribution in [0.2, 0.25) is 0 Å². The van der Waals surface area contributed by atoms with Gasteiger partial charge in [-0.2, -0.15) is 0 Å². The Morgan fingerprint density at radius 1 is 0.297 bits per heavy atom. The van der Waals surface area contributed by atoms with Gasteiger partial charge in [-0.25, -0.2) is 19.9 Å². The highest BCUT2D eigenvalue weighted by molar-refractivity contribution is 6.17. The van der Waals surface area contributed by atoms with Gasteiger partial charge in [0.1, 0.15) is 5.58 Å². The smallest absolute Gasteiger partial charge is 0.227 e. The Bertz CT molecular complexity index is 3870. The van der Waals surface area contributed by atoms with Crippen molar-refractivity contribution in [2.45, 2.75) is 0 Å². The number of aromatic nitrogens is 8. The third kappa shape index (κ3) is 5.74. The molecule has 5 heterocycles. The van der Waals surface area contributed by atoms with Crippen molar-refractivity contribution in [2.24, 2.45) is 0 Å². The first-order valence-electron chi connectivity index (χ1n) is 20.8. The van der Waals surface area contributed by atoms with E-state index in [1.54, 1.807) is 24.8 Å². The molecule has 0 aliphatic rings. The molecule has 13 aromatic rings. The van der Waals surface area contributed by atoms with Crippen LogP contribution in [0.1, 0.15) is 0 Å². The van der Waals surface area contributed by atoms with Gasteiger partial charge in [-0.05, 0) is 76.0 Å². The Hall–Kier alpha value is -9.02. The van der Waals surface area contributed by atoms with Gasteiger partial charge < -0.3 is 8.83 Å². The highest BCUT2D eigenvalue weighted by atomic mass is 16.4. The molecule has 0 amide bonds. The number of rotatable bonds is 6. The average Bonchev–Trinajstić information content (AvgIpc) is 3.99. The summed E-state index contributed by atoms with van der Waals surface area (Å²) in [5.74, 6) is 2.05. The molecule has 10 nitrogen and oxygen atoms in total. The van der Waals surface area contributed by atoms with Crippen molar-refractivity contribution in [3.8, 4) is 67.9 Å². The zero-order valence-electron chi connectivity index (χ0n) is 33.7. The Morgan fingerprint density at radius 2 is 0.859 bits per heavy atom. The summed E-state index contributed by atoms with van der Waals surface area (Å²) in [5, 5.41) is 4.24. The van der Waals surface area contributed by atoms with Gasteiger partial charge in [0.05, 0.1) is 22.1 Å². The van der Waals surface area contributed by atoms with Crippen LogP contribution in [-0.2, 0) is 0 Å². The van der Waals surface area contributed by atoms with Crippen molar-refractivity contribution in [1.29, 1.82) is 0 Å². The van der Waals surface area contributed by atoms with E-state index in [2.05, 4.69) is 105 Å². The van der Waals surface area contributed by atoms with Gasteiger partial charge in [0.15, 0.2) is 34.2 Å². The zero-order valence-corrected chi connectivity index (χ0v) is 33.7. The van der Waals surface area contributed by atoms with Crippen LogP contribution in [0.25, 0.3) is 134 Å². The van der Waals surface area contributed by atoms with Crippen molar-refractivity contribution < 1.29 is 8.83 Å². The molecule has 298 valence electrons. The molecule has 0 bridgehead atoms. The minimum atomic E-state index is 0.486. The lowest BCUT2D eigenvalue weighted by Gasteiger charge is -2.13. The standard InChI is InChI=1S/C54H30N8O2/c1-2-9-33(10-3-1)54-59-48-45(63-54)26-25-40-39-14-6-13-38(49(39)64-50(40)48)37-24-23-34(35-11-4-5-12-36(35)37)31-19-21-32(22-20-31)51-60-52(41-15-7-17-43-46(41)57-29-27-55-43)62-53(61-51)42-16-8-18-44-47(42)58-30-28-56-44/h1-30H. The monoisotopic (exact) mass is 822 g/mol. The normalized spacial score (nSPS) is 11.8. The lowest BCUT2D eigenvalue weighted by atomic mass is 9.91. The second-order valence-corrected chi connectivity index (χ2v) is 15.5. The van der Waals surface area contributed by atoms with Gasteiger partial charge in [0.2, 0.25) is 5.89 Å². The van der Waals surface area contributed by atoms with E-state index in [4.69, 9.17) is 28.8 Å². The van der Waals surface area contributed by atoms with Crippen LogP contribution in [0.3, 0.4) is 0 Å². The Balaban J connectivity index is 0.915. The molecule has 0 N–H and O–H groups in total. The molecule has 0 saturated carbocycles. The van der Waals surface area contributed by atoms with Crippen molar-refractivity contribution in [1.82, 2.24) is 39.9 Å². The SMILES string of the molecule is c1ccc(-c2nc3c(ccc4c5cccc(-c6ccc(-c7ccc(-c8nc(-c9cccc%10nccnc9%10)nc(-c9cccc%10nccnc9%10)n8)cc7)c7ccccc67)c5oc43)o2)cc1. The number of nitrogens with zero attached hydrogens (tertiary/aromatic N) is 8. The van der Waals surface area contributed by atoms with E-state index in [0.717, 1.165) is 82.7 Å². The zero-order chi connectivity index (χ0) is 42.1. The van der Waals surface area contributed by atoms with E-state index in [-0.39, 0.29) is 0 Å². The highest BCUT2D eigenvalue weighted by Crippen LogP contribution is 2.43. The Morgan fingerprint density at radius 3 is 1.58 bits per heavy atom. The second kappa shape index (κ2) is 14.3.